The highest BCUT2D eigenvalue weighted by Gasteiger charge is 2.21. The summed E-state index contributed by atoms with van der Waals surface area (Å²) in [5, 5.41) is 9.31. The van der Waals surface area contributed by atoms with Gasteiger partial charge in [-0.1, -0.05) is 36.8 Å². The zero-order chi connectivity index (χ0) is 12.9. The van der Waals surface area contributed by atoms with Gasteiger partial charge < -0.3 is 5.11 Å². The van der Waals surface area contributed by atoms with Gasteiger partial charge in [-0.25, -0.2) is 0 Å². The van der Waals surface area contributed by atoms with Crippen molar-refractivity contribution >= 4 is 0 Å². The van der Waals surface area contributed by atoms with Gasteiger partial charge >= 0.3 is 0 Å². The lowest BCUT2D eigenvalue weighted by Gasteiger charge is -2.26. The summed E-state index contributed by atoms with van der Waals surface area (Å²) in [6, 6.07) is 7.41. The lowest BCUT2D eigenvalue weighted by molar-refractivity contribution is 0.473. The average molecular weight is 230 g/mol. The molecule has 1 heteroatoms. The zero-order valence-electron chi connectivity index (χ0n) is 11.0. The third-order valence-corrected chi connectivity index (χ3v) is 3.19. The first kappa shape index (κ1) is 13.6. The van der Waals surface area contributed by atoms with Crippen LogP contribution in [0.3, 0.4) is 0 Å². The molecule has 1 aromatic carbocycles. The summed E-state index contributed by atoms with van der Waals surface area (Å²) < 4.78 is 0. The monoisotopic (exact) mass is 230 g/mol. The van der Waals surface area contributed by atoms with Crippen LogP contribution in [0.1, 0.15) is 39.2 Å². The molecule has 0 radical (unpaired) electrons. The normalized spacial score (nSPS) is 13.8. The van der Waals surface area contributed by atoms with Crippen LogP contribution in [0.2, 0.25) is 0 Å². The van der Waals surface area contributed by atoms with Crippen molar-refractivity contribution in [3.8, 4) is 5.75 Å². The Bertz CT molecular complexity index is 396. The molecule has 0 aromatic heterocycles. The summed E-state index contributed by atoms with van der Waals surface area (Å²) in [7, 11) is 0. The van der Waals surface area contributed by atoms with E-state index >= 15 is 0 Å². The van der Waals surface area contributed by atoms with Gasteiger partial charge in [0.2, 0.25) is 0 Å². The van der Waals surface area contributed by atoms with Crippen LogP contribution in [0.4, 0.5) is 0 Å². The van der Waals surface area contributed by atoms with Crippen molar-refractivity contribution in [2.75, 3.05) is 0 Å². The molecule has 0 aliphatic rings. The molecule has 0 saturated heterocycles. The molecule has 92 valence electrons. The van der Waals surface area contributed by atoms with Gasteiger partial charge in [-0.15, -0.1) is 6.58 Å². The number of benzene rings is 1. The smallest absolute Gasteiger partial charge is 0.115 e. The third kappa shape index (κ3) is 3.77. The number of phenolic OH excluding ortho intramolecular Hbond substituents is 1. The molecule has 0 fully saturated rings. The number of rotatable bonds is 5. The Labute approximate surface area is 104 Å². The maximum atomic E-state index is 9.31. The van der Waals surface area contributed by atoms with Crippen LogP contribution in [-0.4, -0.2) is 5.11 Å². The predicted octanol–water partition coefficient (Wildman–Crippen LogP) is 4.58. The molecule has 17 heavy (non-hydrogen) atoms. The maximum Gasteiger partial charge on any atom is 0.115 e. The molecule has 1 aromatic rings. The SMILES string of the molecule is C=C[C@@](C)(CCC=C(C)C)c1ccc(O)cc1. The number of aromatic hydroxyl groups is 1. The van der Waals surface area contributed by atoms with E-state index in [1.165, 1.54) is 11.1 Å². The van der Waals surface area contributed by atoms with Crippen molar-refractivity contribution < 1.29 is 5.11 Å². The fourth-order valence-corrected chi connectivity index (χ4v) is 1.87. The Balaban J connectivity index is 2.84. The molecule has 0 aliphatic heterocycles. The molecule has 1 nitrogen and oxygen atoms in total. The lowest BCUT2D eigenvalue weighted by atomic mass is 9.78. The van der Waals surface area contributed by atoms with Crippen LogP contribution in [0.5, 0.6) is 5.75 Å². The minimum Gasteiger partial charge on any atom is -0.508 e. The van der Waals surface area contributed by atoms with E-state index in [1.807, 2.05) is 18.2 Å². The Hall–Kier alpha value is -1.50. The molecule has 0 bridgehead atoms. The van der Waals surface area contributed by atoms with Gasteiger partial charge in [-0.3, -0.25) is 0 Å². The van der Waals surface area contributed by atoms with E-state index in [0.29, 0.717) is 5.75 Å². The summed E-state index contributed by atoms with van der Waals surface area (Å²) in [6.07, 6.45) is 6.33. The first-order valence-corrected chi connectivity index (χ1v) is 6.04. The summed E-state index contributed by atoms with van der Waals surface area (Å²) in [5.74, 6) is 0.310. The first-order valence-electron chi connectivity index (χ1n) is 6.04. The highest BCUT2D eigenvalue weighted by Crippen LogP contribution is 2.31. The van der Waals surface area contributed by atoms with Gasteiger partial charge in [0, 0.05) is 5.41 Å². The van der Waals surface area contributed by atoms with Crippen LogP contribution in [0.15, 0.2) is 48.6 Å². The largest absolute Gasteiger partial charge is 0.508 e. The molecule has 0 saturated carbocycles. The lowest BCUT2D eigenvalue weighted by Crippen LogP contribution is -2.18. The second-order valence-corrected chi connectivity index (χ2v) is 4.99. The fraction of sp³-hybridized carbons (Fsp3) is 0.375. The topological polar surface area (TPSA) is 20.2 Å². The molecule has 0 heterocycles. The maximum absolute atomic E-state index is 9.31. The van der Waals surface area contributed by atoms with E-state index in [1.54, 1.807) is 12.1 Å². The molecule has 1 atom stereocenters. The van der Waals surface area contributed by atoms with E-state index < -0.39 is 0 Å². The Morgan fingerprint density at radius 2 is 1.88 bits per heavy atom. The summed E-state index contributed by atoms with van der Waals surface area (Å²) in [6.45, 7) is 10.4. The van der Waals surface area contributed by atoms with Crippen molar-refractivity contribution in [3.63, 3.8) is 0 Å². The van der Waals surface area contributed by atoms with Crippen molar-refractivity contribution in [2.24, 2.45) is 0 Å². The third-order valence-electron chi connectivity index (χ3n) is 3.19. The van der Waals surface area contributed by atoms with Gasteiger partial charge in [0.25, 0.3) is 0 Å². The highest BCUT2D eigenvalue weighted by molar-refractivity contribution is 5.34. The van der Waals surface area contributed by atoms with Gasteiger partial charge in [-0.05, 0) is 44.4 Å². The molecule has 0 spiro atoms. The van der Waals surface area contributed by atoms with Crippen LogP contribution in [0.25, 0.3) is 0 Å². The van der Waals surface area contributed by atoms with Crippen LogP contribution < -0.4 is 0 Å². The highest BCUT2D eigenvalue weighted by atomic mass is 16.3. The second-order valence-electron chi connectivity index (χ2n) is 4.99. The number of hydrogen-bond donors (Lipinski definition) is 1. The van der Waals surface area contributed by atoms with Crippen LogP contribution in [0, 0.1) is 0 Å². The van der Waals surface area contributed by atoms with Crippen molar-refractivity contribution in [1.82, 2.24) is 0 Å². The number of phenols is 1. The molecular formula is C16H22O. The molecule has 0 unspecified atom stereocenters. The summed E-state index contributed by atoms with van der Waals surface area (Å²) in [5.41, 5.74) is 2.52. The quantitative estimate of drug-likeness (QED) is 0.734. The Kier molecular flexibility index (Phi) is 4.56. The molecular weight excluding hydrogens is 208 g/mol. The van der Waals surface area contributed by atoms with E-state index in [9.17, 15) is 5.11 Å². The van der Waals surface area contributed by atoms with E-state index in [-0.39, 0.29) is 5.41 Å². The average Bonchev–Trinajstić information content (AvgIpc) is 2.29. The summed E-state index contributed by atoms with van der Waals surface area (Å²) in [4.78, 5) is 0. The zero-order valence-corrected chi connectivity index (χ0v) is 11.0. The molecule has 1 rings (SSSR count). The first-order chi connectivity index (χ1) is 7.98. The van der Waals surface area contributed by atoms with E-state index in [2.05, 4.69) is 33.4 Å². The van der Waals surface area contributed by atoms with Gasteiger partial charge in [0.15, 0.2) is 0 Å². The van der Waals surface area contributed by atoms with E-state index in [4.69, 9.17) is 0 Å². The summed E-state index contributed by atoms with van der Waals surface area (Å²) >= 11 is 0. The van der Waals surface area contributed by atoms with Gasteiger partial charge in [0.1, 0.15) is 5.75 Å². The standard InChI is InChI=1S/C16H22O/c1-5-16(4,12-6-7-13(2)3)14-8-10-15(17)11-9-14/h5,7-11,17H,1,6,12H2,2-4H3/t16-/m0/s1. The van der Waals surface area contributed by atoms with Crippen molar-refractivity contribution in [1.29, 1.82) is 0 Å². The van der Waals surface area contributed by atoms with Gasteiger partial charge in [-0.2, -0.15) is 0 Å². The van der Waals surface area contributed by atoms with Gasteiger partial charge in [0.05, 0.1) is 0 Å². The van der Waals surface area contributed by atoms with Crippen molar-refractivity contribution in [2.45, 2.75) is 39.0 Å². The minimum atomic E-state index is -0.0281. The van der Waals surface area contributed by atoms with Crippen LogP contribution >= 0.6 is 0 Å². The Morgan fingerprint density at radius 1 is 1.29 bits per heavy atom. The van der Waals surface area contributed by atoms with Crippen molar-refractivity contribution in [3.05, 3.63) is 54.1 Å². The van der Waals surface area contributed by atoms with Crippen LogP contribution in [-0.2, 0) is 5.41 Å². The minimum absolute atomic E-state index is 0.0281. The van der Waals surface area contributed by atoms with E-state index in [0.717, 1.165) is 12.8 Å². The predicted molar refractivity (Wildman–Crippen MR) is 74.3 cm³/mol. The molecule has 0 amide bonds. The fourth-order valence-electron chi connectivity index (χ4n) is 1.87. The number of hydrogen-bond acceptors (Lipinski definition) is 1. The molecule has 1 N–H and O–H groups in total. The number of allylic oxidation sites excluding steroid dienone is 3. The second kappa shape index (κ2) is 5.72. The Morgan fingerprint density at radius 3 is 2.35 bits per heavy atom. The molecule has 0 aliphatic carbocycles.